The van der Waals surface area contributed by atoms with Gasteiger partial charge in [-0.25, -0.2) is 4.39 Å². The van der Waals surface area contributed by atoms with Crippen LogP contribution in [0.25, 0.3) is 21.9 Å². The molecular formula is C42H45F4N5O5. The quantitative estimate of drug-likeness (QED) is 0.153. The van der Waals surface area contributed by atoms with E-state index >= 15 is 4.39 Å². The highest BCUT2D eigenvalue weighted by molar-refractivity contribution is 6.01. The van der Waals surface area contributed by atoms with Crippen LogP contribution in [-0.4, -0.2) is 78.0 Å². The van der Waals surface area contributed by atoms with Crippen LogP contribution >= 0.6 is 0 Å². The average Bonchev–Trinajstić information content (AvgIpc) is 3.18. The molecule has 0 spiro atoms. The van der Waals surface area contributed by atoms with Crippen molar-refractivity contribution >= 4 is 34.2 Å². The molecule has 296 valence electrons. The second-order valence-corrected chi connectivity index (χ2v) is 15.2. The van der Waals surface area contributed by atoms with Crippen molar-refractivity contribution in [2.24, 2.45) is 13.0 Å². The number of piperidine rings is 3. The van der Waals surface area contributed by atoms with Crippen LogP contribution in [0.2, 0.25) is 0 Å². The summed E-state index contributed by atoms with van der Waals surface area (Å²) in [5.74, 6) is -1.16. The molecule has 4 aromatic rings. The van der Waals surface area contributed by atoms with Gasteiger partial charge in [0.05, 0.1) is 19.2 Å². The summed E-state index contributed by atoms with van der Waals surface area (Å²) in [5, 5.41) is 6.33. The van der Waals surface area contributed by atoms with E-state index in [4.69, 9.17) is 4.74 Å². The summed E-state index contributed by atoms with van der Waals surface area (Å²) in [4.78, 5) is 53.5. The Hall–Kier alpha value is -5.24. The monoisotopic (exact) mass is 775 g/mol. The molecule has 0 aliphatic carbocycles. The van der Waals surface area contributed by atoms with E-state index in [-0.39, 0.29) is 59.8 Å². The summed E-state index contributed by atoms with van der Waals surface area (Å²) in [6.07, 6.45) is 0.191. The number of methoxy groups -OCH3 is 1. The van der Waals surface area contributed by atoms with Gasteiger partial charge in [0.15, 0.2) is 0 Å². The van der Waals surface area contributed by atoms with Crippen LogP contribution in [0, 0.1) is 11.7 Å². The molecule has 3 aliphatic heterocycles. The Kier molecular flexibility index (Phi) is 11.2. The molecule has 4 heterocycles. The van der Waals surface area contributed by atoms with Gasteiger partial charge in [-0.15, -0.1) is 0 Å². The molecule has 7 rings (SSSR count). The number of hydrogen-bond donors (Lipinski definition) is 2. The first kappa shape index (κ1) is 39.0. The van der Waals surface area contributed by atoms with Crippen LogP contribution in [0.3, 0.4) is 0 Å². The fourth-order valence-electron chi connectivity index (χ4n) is 8.44. The molecule has 3 saturated heterocycles. The van der Waals surface area contributed by atoms with Gasteiger partial charge in [-0.05, 0) is 110 Å². The molecule has 0 saturated carbocycles. The molecule has 14 heteroatoms. The van der Waals surface area contributed by atoms with Gasteiger partial charge in [0.2, 0.25) is 17.7 Å². The number of carbonyl (C=O) groups is 3. The van der Waals surface area contributed by atoms with Crippen LogP contribution in [0.15, 0.2) is 65.6 Å². The average molecular weight is 776 g/mol. The molecule has 3 aliphatic rings. The number of ether oxygens (including phenoxy) is 1. The number of anilines is 1. The van der Waals surface area contributed by atoms with Gasteiger partial charge in [-0.3, -0.25) is 29.4 Å². The fraction of sp³-hybridized carbons (Fsp3) is 0.429. The third-order valence-corrected chi connectivity index (χ3v) is 11.6. The summed E-state index contributed by atoms with van der Waals surface area (Å²) >= 11 is 0. The van der Waals surface area contributed by atoms with Gasteiger partial charge in [0.25, 0.3) is 5.56 Å². The van der Waals surface area contributed by atoms with E-state index in [0.717, 1.165) is 29.9 Å². The number of nitrogens with zero attached hydrogens (tertiary/aromatic N) is 3. The molecule has 3 amide bonds. The molecule has 3 fully saturated rings. The Bertz CT molecular complexity index is 2210. The lowest BCUT2D eigenvalue weighted by Crippen LogP contribution is -2.47. The maximum absolute atomic E-state index is 15.8. The molecule has 0 radical (unpaired) electrons. The molecule has 0 bridgehead atoms. The normalized spacial score (nSPS) is 19.0. The molecule has 2 N–H and O–H groups in total. The summed E-state index contributed by atoms with van der Waals surface area (Å²) in [6.45, 7) is 2.22. The number of hydrogen-bond acceptors (Lipinski definition) is 7. The van der Waals surface area contributed by atoms with Crippen molar-refractivity contribution in [1.29, 1.82) is 0 Å². The first-order valence-corrected chi connectivity index (χ1v) is 19.1. The van der Waals surface area contributed by atoms with Crippen LogP contribution < -0.4 is 20.9 Å². The Labute approximate surface area is 321 Å². The van der Waals surface area contributed by atoms with Gasteiger partial charge in [0, 0.05) is 55.0 Å². The summed E-state index contributed by atoms with van der Waals surface area (Å²) in [7, 11) is 3.19. The highest BCUT2D eigenvalue weighted by Crippen LogP contribution is 2.41. The van der Waals surface area contributed by atoms with E-state index in [9.17, 15) is 32.3 Å². The lowest BCUT2D eigenvalue weighted by Gasteiger charge is -2.36. The van der Waals surface area contributed by atoms with Gasteiger partial charge in [-0.2, -0.15) is 13.2 Å². The third kappa shape index (κ3) is 8.30. The predicted octanol–water partition coefficient (Wildman–Crippen LogP) is 6.25. The minimum absolute atomic E-state index is 0.0593. The van der Waals surface area contributed by atoms with Crippen LogP contribution in [0.1, 0.15) is 61.1 Å². The predicted molar refractivity (Wildman–Crippen MR) is 204 cm³/mol. The lowest BCUT2D eigenvalue weighted by atomic mass is 9.86. The zero-order chi connectivity index (χ0) is 39.7. The lowest BCUT2D eigenvalue weighted by molar-refractivity contribution is -0.139. The van der Waals surface area contributed by atoms with Gasteiger partial charge >= 0.3 is 6.18 Å². The van der Waals surface area contributed by atoms with E-state index in [1.54, 1.807) is 30.3 Å². The molecular weight excluding hydrogens is 730 g/mol. The van der Waals surface area contributed by atoms with Crippen molar-refractivity contribution in [3.05, 3.63) is 93.7 Å². The Morgan fingerprint density at radius 3 is 2.32 bits per heavy atom. The maximum atomic E-state index is 15.8. The fourth-order valence-corrected chi connectivity index (χ4v) is 8.44. The number of pyridine rings is 1. The van der Waals surface area contributed by atoms with Crippen LogP contribution in [0.5, 0.6) is 5.75 Å². The smallest absolute Gasteiger partial charge is 0.416 e. The highest BCUT2D eigenvalue weighted by atomic mass is 19.4. The third-order valence-electron chi connectivity index (χ3n) is 11.6. The highest BCUT2D eigenvalue weighted by Gasteiger charge is 2.37. The number of likely N-dealkylation sites (tertiary alicyclic amines) is 2. The molecule has 10 nitrogen and oxygen atoms in total. The number of rotatable bonds is 9. The number of aromatic nitrogens is 1. The molecule has 56 heavy (non-hydrogen) atoms. The first-order chi connectivity index (χ1) is 26.8. The van der Waals surface area contributed by atoms with Crippen molar-refractivity contribution in [2.45, 2.75) is 63.1 Å². The molecule has 3 aromatic carbocycles. The zero-order valence-electron chi connectivity index (χ0n) is 31.4. The number of carbonyl (C=O) groups excluding carboxylic acids is 3. The van der Waals surface area contributed by atoms with Crippen molar-refractivity contribution < 1.29 is 36.7 Å². The Balaban J connectivity index is 0.929. The van der Waals surface area contributed by atoms with E-state index in [0.29, 0.717) is 67.7 Å². The van der Waals surface area contributed by atoms with E-state index in [2.05, 4.69) is 15.5 Å². The van der Waals surface area contributed by atoms with E-state index in [1.165, 1.54) is 29.9 Å². The Morgan fingerprint density at radius 2 is 1.64 bits per heavy atom. The SMILES string of the molecule is COc1cc(-c2cn(C)c(=O)c3ccccc23)cc(F)c1CC1CCN(CC(=O)N2CCC(c3ccc(NC4CCC(=O)NC4=O)cc3C(F)(F)F)CC2)CC1. The first-order valence-electron chi connectivity index (χ1n) is 19.1. The van der Waals surface area contributed by atoms with Crippen molar-refractivity contribution in [1.82, 2.24) is 19.7 Å². The van der Waals surface area contributed by atoms with Crippen molar-refractivity contribution in [2.75, 3.05) is 45.2 Å². The second-order valence-electron chi connectivity index (χ2n) is 15.2. The number of imide groups is 1. The summed E-state index contributed by atoms with van der Waals surface area (Å²) < 4.78 is 65.8. The molecule has 1 aromatic heterocycles. The van der Waals surface area contributed by atoms with Gasteiger partial charge in [-0.1, -0.05) is 24.3 Å². The number of benzene rings is 3. The summed E-state index contributed by atoms with van der Waals surface area (Å²) in [6, 6.07) is 13.8. The molecule has 1 atom stereocenters. The number of alkyl halides is 3. The van der Waals surface area contributed by atoms with Crippen molar-refractivity contribution in [3.63, 3.8) is 0 Å². The Morgan fingerprint density at radius 1 is 0.929 bits per heavy atom. The largest absolute Gasteiger partial charge is 0.496 e. The van der Waals surface area contributed by atoms with Crippen LogP contribution in [0.4, 0.5) is 23.2 Å². The number of amides is 3. The number of halogens is 4. The molecule has 1 unspecified atom stereocenters. The number of nitrogens with one attached hydrogen (secondary N) is 2. The van der Waals surface area contributed by atoms with E-state index < -0.39 is 29.6 Å². The zero-order valence-corrected chi connectivity index (χ0v) is 31.4. The van der Waals surface area contributed by atoms with Gasteiger partial charge in [0.1, 0.15) is 17.6 Å². The number of fused-ring (bicyclic) bond motifs is 1. The summed E-state index contributed by atoms with van der Waals surface area (Å²) in [5.41, 5.74) is 1.27. The topological polar surface area (TPSA) is 113 Å². The minimum Gasteiger partial charge on any atom is -0.496 e. The van der Waals surface area contributed by atoms with E-state index in [1.807, 2.05) is 18.2 Å². The minimum atomic E-state index is -4.61. The van der Waals surface area contributed by atoms with Crippen LogP contribution in [-0.2, 0) is 34.0 Å². The second kappa shape index (κ2) is 16.1. The standard InChI is InChI=1S/C42H45F4N5O5/c1-49-23-33(30-5-3-4-6-31(30)41(49)55)27-20-35(43)32(37(21-27)56-2)19-25-11-15-50(16-12-25)24-39(53)51-17-13-26(14-18-51)29-8-7-28(22-34(29)42(44,45)46)47-36-9-10-38(52)48-40(36)54/h3-8,20-23,25-26,36,47H,9-19,24H2,1-2H3,(H,48,52,54). The maximum Gasteiger partial charge on any atom is 0.416 e. The van der Waals surface area contributed by atoms with Gasteiger partial charge < -0.3 is 19.5 Å². The number of aryl methyl sites for hydroxylation is 1. The van der Waals surface area contributed by atoms with Crippen molar-refractivity contribution in [3.8, 4) is 16.9 Å².